The van der Waals surface area contributed by atoms with Crippen molar-refractivity contribution in [1.82, 2.24) is 0 Å². The van der Waals surface area contributed by atoms with E-state index < -0.39 is 0 Å². The lowest BCUT2D eigenvalue weighted by Gasteiger charge is -2.57. The molecule has 0 amide bonds. The van der Waals surface area contributed by atoms with Gasteiger partial charge in [0.2, 0.25) is 0 Å². The van der Waals surface area contributed by atoms with E-state index in [2.05, 4.69) is 19.2 Å². The van der Waals surface area contributed by atoms with E-state index >= 15 is 0 Å². The molecule has 1 fully saturated rings. The van der Waals surface area contributed by atoms with Crippen molar-refractivity contribution in [2.45, 2.75) is 12.5 Å². The molecule has 3 rings (SSSR count). The molecular weight excluding hydrogens is 242 g/mol. The maximum atomic E-state index is 9.53. The maximum Gasteiger partial charge on any atom is 0.161 e. The monoisotopic (exact) mass is 264 g/mol. The molecule has 4 nitrogen and oxygen atoms in total. The summed E-state index contributed by atoms with van der Waals surface area (Å²) >= 11 is 0. The molecule has 104 valence electrons. The first-order chi connectivity index (χ1) is 9.12. The molecule has 1 saturated heterocycles. The Morgan fingerprint density at radius 1 is 1.26 bits per heavy atom. The van der Waals surface area contributed by atoms with E-state index in [1.807, 2.05) is 0 Å². The SMILES string of the molecule is COc1cc2c(cc1OC)[C@H]1[C@@H](CO)C[N@@+]1(C)CC2. The van der Waals surface area contributed by atoms with Gasteiger partial charge in [-0.2, -0.15) is 0 Å². The van der Waals surface area contributed by atoms with Gasteiger partial charge in [0.1, 0.15) is 6.04 Å². The minimum atomic E-state index is 0.270. The smallest absolute Gasteiger partial charge is 0.161 e. The second kappa shape index (κ2) is 4.39. The molecule has 4 heteroatoms. The zero-order valence-electron chi connectivity index (χ0n) is 11.8. The molecule has 0 saturated carbocycles. The topological polar surface area (TPSA) is 38.7 Å². The number of nitrogens with zero attached hydrogens (tertiary/aromatic N) is 1. The maximum absolute atomic E-state index is 9.53. The summed E-state index contributed by atoms with van der Waals surface area (Å²) < 4.78 is 11.8. The van der Waals surface area contributed by atoms with Gasteiger partial charge < -0.3 is 19.1 Å². The number of ether oxygens (including phenoxy) is 2. The summed E-state index contributed by atoms with van der Waals surface area (Å²) in [4.78, 5) is 0. The highest BCUT2D eigenvalue weighted by Gasteiger charge is 2.54. The van der Waals surface area contributed by atoms with E-state index in [0.29, 0.717) is 12.0 Å². The predicted molar refractivity (Wildman–Crippen MR) is 72.5 cm³/mol. The van der Waals surface area contributed by atoms with Gasteiger partial charge in [-0.15, -0.1) is 0 Å². The van der Waals surface area contributed by atoms with E-state index in [0.717, 1.165) is 35.5 Å². The van der Waals surface area contributed by atoms with Crippen LogP contribution in [0.25, 0.3) is 0 Å². The molecule has 0 bridgehead atoms. The summed E-state index contributed by atoms with van der Waals surface area (Å²) in [5.41, 5.74) is 2.67. The molecule has 3 atom stereocenters. The van der Waals surface area contributed by atoms with Crippen LogP contribution in [0.3, 0.4) is 0 Å². The van der Waals surface area contributed by atoms with Crippen LogP contribution < -0.4 is 9.47 Å². The third-order valence-corrected chi connectivity index (χ3v) is 4.86. The highest BCUT2D eigenvalue weighted by molar-refractivity contribution is 5.49. The molecule has 1 N–H and O–H groups in total. The normalized spacial score (nSPS) is 32.0. The van der Waals surface area contributed by atoms with Crippen LogP contribution in [0.4, 0.5) is 0 Å². The molecule has 2 heterocycles. The van der Waals surface area contributed by atoms with Gasteiger partial charge in [0.05, 0.1) is 46.9 Å². The minimum absolute atomic E-state index is 0.270. The van der Waals surface area contributed by atoms with E-state index in [4.69, 9.17) is 9.47 Å². The molecule has 1 aromatic carbocycles. The van der Waals surface area contributed by atoms with Gasteiger partial charge in [0, 0.05) is 12.0 Å². The second-order valence-corrected chi connectivity index (χ2v) is 5.93. The fraction of sp³-hybridized carbons (Fsp3) is 0.600. The molecule has 0 radical (unpaired) electrons. The Kier molecular flexibility index (Phi) is 2.95. The van der Waals surface area contributed by atoms with Crippen molar-refractivity contribution in [3.63, 3.8) is 0 Å². The first kappa shape index (κ1) is 12.8. The van der Waals surface area contributed by atoms with E-state index in [-0.39, 0.29) is 6.61 Å². The average molecular weight is 264 g/mol. The van der Waals surface area contributed by atoms with Crippen molar-refractivity contribution in [2.75, 3.05) is 41.0 Å². The molecule has 0 aromatic heterocycles. The molecule has 0 spiro atoms. The summed E-state index contributed by atoms with van der Waals surface area (Å²) in [5.74, 6) is 1.97. The summed E-state index contributed by atoms with van der Waals surface area (Å²) in [5, 5.41) is 9.53. The number of hydrogen-bond donors (Lipinski definition) is 1. The number of likely N-dealkylation sites (N-methyl/N-ethyl adjacent to an activating group) is 1. The highest BCUT2D eigenvalue weighted by atomic mass is 16.5. The van der Waals surface area contributed by atoms with Crippen LogP contribution in [0.5, 0.6) is 11.5 Å². The van der Waals surface area contributed by atoms with Crippen molar-refractivity contribution < 1.29 is 19.1 Å². The Labute approximate surface area is 114 Å². The Morgan fingerprint density at radius 2 is 1.95 bits per heavy atom. The summed E-state index contributed by atoms with van der Waals surface area (Å²) in [6.45, 7) is 2.49. The van der Waals surface area contributed by atoms with E-state index in [1.165, 1.54) is 11.1 Å². The Morgan fingerprint density at radius 3 is 2.58 bits per heavy atom. The van der Waals surface area contributed by atoms with Crippen LogP contribution in [0.1, 0.15) is 17.2 Å². The Balaban J connectivity index is 2.06. The van der Waals surface area contributed by atoms with Gasteiger partial charge in [-0.25, -0.2) is 0 Å². The quantitative estimate of drug-likeness (QED) is 0.838. The first-order valence-electron chi connectivity index (χ1n) is 6.83. The van der Waals surface area contributed by atoms with Crippen LogP contribution in [0, 0.1) is 5.92 Å². The molecule has 19 heavy (non-hydrogen) atoms. The van der Waals surface area contributed by atoms with E-state index in [1.54, 1.807) is 14.2 Å². The van der Waals surface area contributed by atoms with Crippen LogP contribution in [-0.2, 0) is 6.42 Å². The Hall–Kier alpha value is -1.26. The van der Waals surface area contributed by atoms with Gasteiger partial charge in [-0.3, -0.25) is 0 Å². The third kappa shape index (κ3) is 1.74. The number of aliphatic hydroxyl groups is 1. The van der Waals surface area contributed by atoms with E-state index in [9.17, 15) is 5.11 Å². The van der Waals surface area contributed by atoms with Crippen molar-refractivity contribution >= 4 is 0 Å². The fourth-order valence-corrected chi connectivity index (χ4v) is 3.90. The number of benzene rings is 1. The number of fused-ring (bicyclic) bond motifs is 3. The second-order valence-electron chi connectivity index (χ2n) is 5.93. The zero-order valence-corrected chi connectivity index (χ0v) is 11.8. The number of methoxy groups -OCH3 is 2. The lowest BCUT2D eigenvalue weighted by Crippen LogP contribution is -2.66. The average Bonchev–Trinajstić information content (AvgIpc) is 2.41. The number of rotatable bonds is 3. The third-order valence-electron chi connectivity index (χ3n) is 4.86. The highest BCUT2D eigenvalue weighted by Crippen LogP contribution is 2.50. The first-order valence-corrected chi connectivity index (χ1v) is 6.83. The number of aliphatic hydroxyl groups excluding tert-OH is 1. The van der Waals surface area contributed by atoms with Gasteiger partial charge in [0.25, 0.3) is 0 Å². The molecule has 0 aliphatic carbocycles. The summed E-state index contributed by atoms with van der Waals surface area (Å²) in [6, 6.07) is 4.62. The Bertz CT molecular complexity index is 502. The molecule has 2 aliphatic rings. The van der Waals surface area contributed by atoms with Crippen molar-refractivity contribution in [3.05, 3.63) is 23.3 Å². The van der Waals surface area contributed by atoms with Crippen LogP contribution in [0.15, 0.2) is 12.1 Å². The van der Waals surface area contributed by atoms with Crippen LogP contribution >= 0.6 is 0 Å². The van der Waals surface area contributed by atoms with Crippen molar-refractivity contribution in [1.29, 1.82) is 0 Å². The van der Waals surface area contributed by atoms with Crippen molar-refractivity contribution in [3.8, 4) is 11.5 Å². The lowest BCUT2D eigenvalue weighted by molar-refractivity contribution is -0.992. The minimum Gasteiger partial charge on any atom is -0.493 e. The van der Waals surface area contributed by atoms with Gasteiger partial charge >= 0.3 is 0 Å². The molecular formula is C15H22NO3+. The van der Waals surface area contributed by atoms with Crippen LogP contribution in [-0.4, -0.2) is 50.6 Å². The zero-order chi connectivity index (χ0) is 13.6. The van der Waals surface area contributed by atoms with Crippen LogP contribution in [0.2, 0.25) is 0 Å². The molecule has 1 aromatic rings. The number of quaternary nitrogens is 1. The van der Waals surface area contributed by atoms with Gasteiger partial charge in [-0.1, -0.05) is 0 Å². The summed E-state index contributed by atoms with van der Waals surface area (Å²) in [6.07, 6.45) is 1.07. The molecule has 2 aliphatic heterocycles. The number of hydrogen-bond acceptors (Lipinski definition) is 3. The molecule has 0 unspecified atom stereocenters. The van der Waals surface area contributed by atoms with Gasteiger partial charge in [-0.05, 0) is 17.7 Å². The fourth-order valence-electron chi connectivity index (χ4n) is 3.90. The standard InChI is InChI=1S/C15H22NO3/c1-16-5-4-10-6-13(18-2)14(19-3)7-12(10)15(16)11(8-16)9-17/h6-7,11,15,17H,4-5,8-9H2,1-3H3/q+1/t11-,15-,16-/m1/s1. The summed E-state index contributed by atoms with van der Waals surface area (Å²) in [7, 11) is 5.63. The predicted octanol–water partition coefficient (Wildman–Crippen LogP) is 1.37. The van der Waals surface area contributed by atoms with Gasteiger partial charge in [0.15, 0.2) is 11.5 Å². The lowest BCUT2D eigenvalue weighted by atomic mass is 9.75. The van der Waals surface area contributed by atoms with Crippen molar-refractivity contribution in [2.24, 2.45) is 5.92 Å². The largest absolute Gasteiger partial charge is 0.493 e.